The lowest BCUT2D eigenvalue weighted by atomic mass is 9.78. The Balaban J connectivity index is 2.05. The highest BCUT2D eigenvalue weighted by Gasteiger charge is 2.36. The summed E-state index contributed by atoms with van der Waals surface area (Å²) < 4.78 is 5.53. The zero-order valence-electron chi connectivity index (χ0n) is 10.2. The fourth-order valence-corrected chi connectivity index (χ4v) is 2.18. The first-order valence-electron chi connectivity index (χ1n) is 5.97. The number of rotatable bonds is 5. The Morgan fingerprint density at radius 3 is 2.82 bits per heavy atom. The first-order valence-corrected chi connectivity index (χ1v) is 6.51. The minimum absolute atomic E-state index is 0.0159. The third kappa shape index (κ3) is 3.00. The number of anilines is 1. The molecule has 0 unspecified atom stereocenters. The molecule has 0 aliphatic heterocycles. The van der Waals surface area contributed by atoms with Crippen LogP contribution in [-0.2, 0) is 0 Å². The van der Waals surface area contributed by atoms with E-state index in [-0.39, 0.29) is 11.6 Å². The Morgan fingerprint density at radius 1 is 1.53 bits per heavy atom. The number of nitrogens with zero attached hydrogens (tertiary/aromatic N) is 2. The lowest BCUT2D eigenvalue weighted by Crippen LogP contribution is -2.47. The second-order valence-corrected chi connectivity index (χ2v) is 5.04. The van der Waals surface area contributed by atoms with Crippen molar-refractivity contribution in [1.82, 2.24) is 9.97 Å². The first-order chi connectivity index (χ1) is 8.13. The van der Waals surface area contributed by atoms with Crippen LogP contribution in [0.2, 0.25) is 0 Å². The summed E-state index contributed by atoms with van der Waals surface area (Å²) in [6.45, 7) is 3.95. The fourth-order valence-electron chi connectivity index (χ4n) is 1.84. The van der Waals surface area contributed by atoms with Crippen molar-refractivity contribution in [2.75, 3.05) is 11.2 Å². The SMILES string of the molecule is CC(C)Oc1ccnc(NC2(CCl)CCC2)n1. The lowest BCUT2D eigenvalue weighted by Gasteiger charge is -2.40. The number of aromatic nitrogens is 2. The van der Waals surface area contributed by atoms with E-state index in [0.29, 0.717) is 17.7 Å². The van der Waals surface area contributed by atoms with E-state index in [2.05, 4.69) is 15.3 Å². The number of alkyl halides is 1. The zero-order valence-corrected chi connectivity index (χ0v) is 11.0. The average Bonchev–Trinajstić information content (AvgIpc) is 2.23. The number of nitrogens with one attached hydrogen (secondary N) is 1. The molecule has 4 nitrogen and oxygen atoms in total. The monoisotopic (exact) mass is 255 g/mol. The van der Waals surface area contributed by atoms with Gasteiger partial charge >= 0.3 is 0 Å². The van der Waals surface area contributed by atoms with Crippen LogP contribution in [0.25, 0.3) is 0 Å². The summed E-state index contributed by atoms with van der Waals surface area (Å²) in [6, 6.07) is 1.76. The van der Waals surface area contributed by atoms with Crippen molar-refractivity contribution < 1.29 is 4.74 Å². The van der Waals surface area contributed by atoms with Crippen molar-refractivity contribution in [1.29, 1.82) is 0 Å². The molecule has 1 saturated carbocycles. The van der Waals surface area contributed by atoms with Crippen LogP contribution in [-0.4, -0.2) is 27.5 Å². The van der Waals surface area contributed by atoms with E-state index in [1.807, 2.05) is 13.8 Å². The maximum absolute atomic E-state index is 5.98. The van der Waals surface area contributed by atoms with Gasteiger partial charge in [0, 0.05) is 18.1 Å². The summed E-state index contributed by atoms with van der Waals surface area (Å²) in [5.41, 5.74) is -0.0159. The Bertz CT molecular complexity index is 374. The molecule has 0 aromatic carbocycles. The molecule has 0 saturated heterocycles. The topological polar surface area (TPSA) is 47.0 Å². The molecule has 0 atom stereocenters. The second-order valence-electron chi connectivity index (χ2n) is 4.78. The maximum Gasteiger partial charge on any atom is 0.226 e. The molecule has 2 rings (SSSR count). The Labute approximate surface area is 107 Å². The van der Waals surface area contributed by atoms with Gasteiger partial charge in [0.15, 0.2) is 0 Å². The second kappa shape index (κ2) is 5.08. The predicted octanol–water partition coefficient (Wildman–Crippen LogP) is 2.84. The van der Waals surface area contributed by atoms with Crippen molar-refractivity contribution in [3.63, 3.8) is 0 Å². The Kier molecular flexibility index (Phi) is 3.72. The smallest absolute Gasteiger partial charge is 0.226 e. The van der Waals surface area contributed by atoms with Crippen LogP contribution in [0.15, 0.2) is 12.3 Å². The van der Waals surface area contributed by atoms with Crippen molar-refractivity contribution in [3.05, 3.63) is 12.3 Å². The molecule has 1 fully saturated rings. The molecule has 0 amide bonds. The van der Waals surface area contributed by atoms with E-state index in [9.17, 15) is 0 Å². The van der Waals surface area contributed by atoms with E-state index in [4.69, 9.17) is 16.3 Å². The van der Waals surface area contributed by atoms with Gasteiger partial charge in [0.2, 0.25) is 11.8 Å². The molecule has 5 heteroatoms. The minimum Gasteiger partial charge on any atom is -0.475 e. The van der Waals surface area contributed by atoms with Gasteiger partial charge in [-0.1, -0.05) is 0 Å². The Morgan fingerprint density at radius 2 is 2.29 bits per heavy atom. The molecule has 1 aliphatic carbocycles. The minimum atomic E-state index is -0.0159. The van der Waals surface area contributed by atoms with Crippen molar-refractivity contribution >= 4 is 17.5 Å². The molecule has 0 bridgehead atoms. The summed E-state index contributed by atoms with van der Waals surface area (Å²) in [5.74, 6) is 1.79. The van der Waals surface area contributed by atoms with Gasteiger partial charge < -0.3 is 10.1 Å². The van der Waals surface area contributed by atoms with E-state index in [0.717, 1.165) is 12.8 Å². The number of hydrogen-bond donors (Lipinski definition) is 1. The fraction of sp³-hybridized carbons (Fsp3) is 0.667. The molecule has 0 radical (unpaired) electrons. The predicted molar refractivity (Wildman–Crippen MR) is 68.7 cm³/mol. The molecular weight excluding hydrogens is 238 g/mol. The molecule has 1 N–H and O–H groups in total. The molecule has 0 spiro atoms. The number of hydrogen-bond acceptors (Lipinski definition) is 4. The van der Waals surface area contributed by atoms with Crippen molar-refractivity contribution in [2.45, 2.75) is 44.8 Å². The summed E-state index contributed by atoms with van der Waals surface area (Å²) >= 11 is 5.98. The van der Waals surface area contributed by atoms with Gasteiger partial charge in [-0.3, -0.25) is 0 Å². The lowest BCUT2D eigenvalue weighted by molar-refractivity contribution is 0.232. The standard InChI is InChI=1S/C12H18ClN3O/c1-9(2)17-10-4-7-14-11(15-10)16-12(8-13)5-3-6-12/h4,7,9H,3,5-6,8H2,1-2H3,(H,14,15,16). The molecule has 17 heavy (non-hydrogen) atoms. The molecule has 94 valence electrons. The summed E-state index contributed by atoms with van der Waals surface area (Å²) in [5, 5.41) is 3.32. The van der Waals surface area contributed by atoms with Crippen LogP contribution >= 0.6 is 11.6 Å². The quantitative estimate of drug-likeness (QED) is 0.822. The van der Waals surface area contributed by atoms with Crippen molar-refractivity contribution in [3.8, 4) is 5.88 Å². The van der Waals surface area contributed by atoms with E-state index < -0.39 is 0 Å². The highest BCUT2D eigenvalue weighted by molar-refractivity contribution is 6.18. The third-order valence-corrected chi connectivity index (χ3v) is 3.44. The summed E-state index contributed by atoms with van der Waals surface area (Å²) in [6.07, 6.45) is 5.18. The van der Waals surface area contributed by atoms with E-state index in [1.54, 1.807) is 12.3 Å². The zero-order chi connectivity index (χ0) is 12.3. The third-order valence-electron chi connectivity index (χ3n) is 2.93. The normalized spacial score (nSPS) is 17.6. The maximum atomic E-state index is 5.98. The highest BCUT2D eigenvalue weighted by atomic mass is 35.5. The van der Waals surface area contributed by atoms with Gasteiger partial charge in [0.05, 0.1) is 11.6 Å². The molecule has 1 heterocycles. The van der Waals surface area contributed by atoms with Crippen LogP contribution in [0.1, 0.15) is 33.1 Å². The highest BCUT2D eigenvalue weighted by Crippen LogP contribution is 2.35. The largest absolute Gasteiger partial charge is 0.475 e. The number of halogens is 1. The van der Waals surface area contributed by atoms with E-state index in [1.165, 1.54) is 6.42 Å². The first kappa shape index (κ1) is 12.4. The van der Waals surface area contributed by atoms with Gasteiger partial charge in [-0.25, -0.2) is 4.98 Å². The van der Waals surface area contributed by atoms with Gasteiger partial charge in [0.1, 0.15) is 0 Å². The van der Waals surface area contributed by atoms with Crippen LogP contribution in [0, 0.1) is 0 Å². The molecule has 1 aromatic rings. The summed E-state index contributed by atoms with van der Waals surface area (Å²) in [7, 11) is 0. The van der Waals surface area contributed by atoms with Gasteiger partial charge in [-0.2, -0.15) is 4.98 Å². The van der Waals surface area contributed by atoms with Crippen LogP contribution < -0.4 is 10.1 Å². The van der Waals surface area contributed by atoms with Gasteiger partial charge in [-0.05, 0) is 33.1 Å². The van der Waals surface area contributed by atoms with E-state index >= 15 is 0 Å². The molecular formula is C12H18ClN3O. The average molecular weight is 256 g/mol. The number of ether oxygens (including phenoxy) is 1. The molecule has 1 aliphatic rings. The summed E-state index contributed by atoms with van der Waals surface area (Å²) in [4.78, 5) is 8.53. The van der Waals surface area contributed by atoms with Crippen LogP contribution in [0.4, 0.5) is 5.95 Å². The molecule has 1 aromatic heterocycles. The van der Waals surface area contributed by atoms with Crippen LogP contribution in [0.3, 0.4) is 0 Å². The van der Waals surface area contributed by atoms with Gasteiger partial charge in [0.25, 0.3) is 0 Å². The van der Waals surface area contributed by atoms with Gasteiger partial charge in [-0.15, -0.1) is 11.6 Å². The van der Waals surface area contributed by atoms with Crippen LogP contribution in [0.5, 0.6) is 5.88 Å². The van der Waals surface area contributed by atoms with Crippen molar-refractivity contribution in [2.24, 2.45) is 0 Å². The Hall–Kier alpha value is -1.03.